The van der Waals surface area contributed by atoms with Crippen molar-refractivity contribution in [1.29, 1.82) is 0 Å². The second-order valence-electron chi connectivity index (χ2n) is 9.38. The highest BCUT2D eigenvalue weighted by Crippen LogP contribution is 2.33. The minimum absolute atomic E-state index is 0.0398. The van der Waals surface area contributed by atoms with E-state index in [0.29, 0.717) is 17.7 Å². The van der Waals surface area contributed by atoms with Crippen LogP contribution in [0, 0.1) is 0 Å². The van der Waals surface area contributed by atoms with Crippen LogP contribution >= 0.6 is 0 Å². The number of epoxide rings is 1. The number of ether oxygens (including phenoxy) is 2. The number of rotatable bonds is 5. The van der Waals surface area contributed by atoms with Gasteiger partial charge in [-0.2, -0.15) is 0 Å². The fourth-order valence-corrected chi connectivity index (χ4v) is 3.02. The molecule has 0 aromatic heterocycles. The number of carbonyl (C=O) groups is 1. The smallest absolute Gasteiger partial charge is 0.193 e. The van der Waals surface area contributed by atoms with Crippen LogP contribution in [0.3, 0.4) is 0 Å². The lowest BCUT2D eigenvalue weighted by atomic mass is 9.84. The SMILES string of the molecule is CC(C)(C)c1ccc(C(=O)c2ccc(OCC3CO3)c(C(C)(C)C)c2)cc1. The van der Waals surface area contributed by atoms with E-state index < -0.39 is 0 Å². The van der Waals surface area contributed by atoms with Crippen LogP contribution in [0.4, 0.5) is 0 Å². The van der Waals surface area contributed by atoms with Crippen molar-refractivity contribution < 1.29 is 14.3 Å². The van der Waals surface area contributed by atoms with E-state index in [9.17, 15) is 4.79 Å². The number of benzene rings is 2. The van der Waals surface area contributed by atoms with Gasteiger partial charge in [-0.05, 0) is 34.6 Å². The molecule has 2 aromatic carbocycles. The molecule has 1 aliphatic heterocycles. The Hall–Kier alpha value is -2.13. The van der Waals surface area contributed by atoms with Gasteiger partial charge in [-0.25, -0.2) is 0 Å². The predicted octanol–water partition coefficient (Wildman–Crippen LogP) is 5.29. The first-order valence-corrected chi connectivity index (χ1v) is 9.60. The first kappa shape index (κ1) is 19.6. The van der Waals surface area contributed by atoms with E-state index in [1.807, 2.05) is 42.5 Å². The maximum absolute atomic E-state index is 13.0. The van der Waals surface area contributed by atoms with Crippen LogP contribution in [-0.4, -0.2) is 25.1 Å². The molecule has 0 spiro atoms. The molecule has 1 aliphatic rings. The standard InChI is InChI=1S/C24H30O3/c1-23(2,3)18-10-7-16(8-11-18)22(25)17-9-12-21(27-15-19-14-26-19)20(13-17)24(4,5)6/h7-13,19H,14-15H2,1-6H3. The van der Waals surface area contributed by atoms with Crippen LogP contribution in [0.2, 0.25) is 0 Å². The minimum Gasteiger partial charge on any atom is -0.490 e. The summed E-state index contributed by atoms with van der Waals surface area (Å²) < 4.78 is 11.2. The molecule has 1 saturated heterocycles. The van der Waals surface area contributed by atoms with Gasteiger partial charge in [0.05, 0.1) is 6.61 Å². The van der Waals surface area contributed by atoms with Crippen LogP contribution in [-0.2, 0) is 15.6 Å². The Bertz CT molecular complexity index is 816. The molecule has 0 radical (unpaired) electrons. The molecule has 1 heterocycles. The molecule has 144 valence electrons. The molecule has 1 fully saturated rings. The Morgan fingerprint density at radius 2 is 1.56 bits per heavy atom. The Balaban J connectivity index is 1.87. The fraction of sp³-hybridized carbons (Fsp3) is 0.458. The number of hydrogen-bond donors (Lipinski definition) is 0. The molecule has 0 bridgehead atoms. The van der Waals surface area contributed by atoms with Crippen molar-refractivity contribution in [3.8, 4) is 5.75 Å². The fourth-order valence-electron chi connectivity index (χ4n) is 3.02. The third kappa shape index (κ3) is 4.78. The molecule has 3 rings (SSSR count). The summed E-state index contributed by atoms with van der Waals surface area (Å²) in [6, 6.07) is 13.7. The topological polar surface area (TPSA) is 38.8 Å². The van der Waals surface area contributed by atoms with E-state index in [-0.39, 0.29) is 22.7 Å². The number of hydrogen-bond acceptors (Lipinski definition) is 3. The molecule has 1 atom stereocenters. The summed E-state index contributed by atoms with van der Waals surface area (Å²) in [7, 11) is 0. The monoisotopic (exact) mass is 366 g/mol. The van der Waals surface area contributed by atoms with Crippen LogP contribution < -0.4 is 4.74 Å². The van der Waals surface area contributed by atoms with Gasteiger partial charge in [-0.3, -0.25) is 4.79 Å². The molecule has 0 saturated carbocycles. The van der Waals surface area contributed by atoms with E-state index in [4.69, 9.17) is 9.47 Å². The normalized spacial score (nSPS) is 16.9. The summed E-state index contributed by atoms with van der Waals surface area (Å²) >= 11 is 0. The molecule has 0 N–H and O–H groups in total. The van der Waals surface area contributed by atoms with Crippen molar-refractivity contribution in [2.24, 2.45) is 0 Å². The highest BCUT2D eigenvalue weighted by Gasteiger charge is 2.26. The number of carbonyl (C=O) groups excluding carboxylic acids is 1. The summed E-state index contributed by atoms with van der Waals surface area (Å²) in [6.45, 7) is 14.2. The van der Waals surface area contributed by atoms with Crippen molar-refractivity contribution in [3.05, 3.63) is 64.7 Å². The molecular formula is C24H30O3. The molecule has 0 amide bonds. The highest BCUT2D eigenvalue weighted by molar-refractivity contribution is 6.09. The summed E-state index contributed by atoms with van der Waals surface area (Å²) in [4.78, 5) is 13.0. The molecule has 3 heteroatoms. The Labute approximate surface area is 162 Å². The Kier molecular flexibility index (Phi) is 5.18. The van der Waals surface area contributed by atoms with Gasteiger partial charge in [0.15, 0.2) is 5.78 Å². The molecular weight excluding hydrogens is 336 g/mol. The predicted molar refractivity (Wildman–Crippen MR) is 109 cm³/mol. The van der Waals surface area contributed by atoms with Crippen molar-refractivity contribution in [2.75, 3.05) is 13.2 Å². The number of ketones is 1. The van der Waals surface area contributed by atoms with Gasteiger partial charge in [0, 0.05) is 16.7 Å². The van der Waals surface area contributed by atoms with Crippen LogP contribution in [0.15, 0.2) is 42.5 Å². The lowest BCUT2D eigenvalue weighted by molar-refractivity contribution is 0.103. The van der Waals surface area contributed by atoms with Gasteiger partial charge in [-0.1, -0.05) is 65.8 Å². The van der Waals surface area contributed by atoms with Gasteiger partial charge in [0.1, 0.15) is 18.5 Å². The van der Waals surface area contributed by atoms with Gasteiger partial charge in [0.2, 0.25) is 0 Å². The lowest BCUT2D eigenvalue weighted by Gasteiger charge is -2.23. The van der Waals surface area contributed by atoms with E-state index in [2.05, 4.69) is 41.5 Å². The maximum Gasteiger partial charge on any atom is 0.193 e. The summed E-state index contributed by atoms with van der Waals surface area (Å²) in [5.41, 5.74) is 3.62. The van der Waals surface area contributed by atoms with Crippen LogP contribution in [0.25, 0.3) is 0 Å². The first-order chi connectivity index (χ1) is 12.6. The zero-order valence-electron chi connectivity index (χ0n) is 17.3. The molecule has 1 unspecified atom stereocenters. The third-order valence-electron chi connectivity index (χ3n) is 4.89. The first-order valence-electron chi connectivity index (χ1n) is 9.60. The second kappa shape index (κ2) is 7.12. The van der Waals surface area contributed by atoms with Gasteiger partial charge in [0.25, 0.3) is 0 Å². The summed E-state index contributed by atoms with van der Waals surface area (Å²) in [5, 5.41) is 0. The van der Waals surface area contributed by atoms with E-state index in [1.165, 1.54) is 5.56 Å². The zero-order valence-corrected chi connectivity index (χ0v) is 17.3. The molecule has 0 aliphatic carbocycles. The Morgan fingerprint density at radius 1 is 0.963 bits per heavy atom. The average molecular weight is 367 g/mol. The maximum atomic E-state index is 13.0. The van der Waals surface area contributed by atoms with Crippen LogP contribution in [0.5, 0.6) is 5.75 Å². The third-order valence-corrected chi connectivity index (χ3v) is 4.89. The Morgan fingerprint density at radius 3 is 2.07 bits per heavy atom. The van der Waals surface area contributed by atoms with Crippen molar-refractivity contribution in [2.45, 2.75) is 58.5 Å². The zero-order chi connectivity index (χ0) is 19.8. The molecule has 3 nitrogen and oxygen atoms in total. The summed E-state index contributed by atoms with van der Waals surface area (Å²) in [5.74, 6) is 0.871. The summed E-state index contributed by atoms with van der Waals surface area (Å²) in [6.07, 6.45) is 0.209. The van der Waals surface area contributed by atoms with E-state index in [1.54, 1.807) is 0 Å². The van der Waals surface area contributed by atoms with Crippen molar-refractivity contribution in [3.63, 3.8) is 0 Å². The van der Waals surface area contributed by atoms with Gasteiger partial charge < -0.3 is 9.47 Å². The lowest BCUT2D eigenvalue weighted by Crippen LogP contribution is -2.16. The minimum atomic E-state index is -0.119. The average Bonchev–Trinajstić information content (AvgIpc) is 3.42. The van der Waals surface area contributed by atoms with Crippen LogP contribution in [0.1, 0.15) is 68.6 Å². The van der Waals surface area contributed by atoms with Crippen molar-refractivity contribution in [1.82, 2.24) is 0 Å². The second-order valence-corrected chi connectivity index (χ2v) is 9.38. The molecule has 27 heavy (non-hydrogen) atoms. The van der Waals surface area contributed by atoms with E-state index >= 15 is 0 Å². The van der Waals surface area contributed by atoms with Gasteiger partial charge >= 0.3 is 0 Å². The van der Waals surface area contributed by atoms with E-state index in [0.717, 1.165) is 17.9 Å². The highest BCUT2D eigenvalue weighted by atomic mass is 16.6. The largest absolute Gasteiger partial charge is 0.490 e. The van der Waals surface area contributed by atoms with Gasteiger partial charge in [-0.15, -0.1) is 0 Å². The quantitative estimate of drug-likeness (QED) is 0.533. The van der Waals surface area contributed by atoms with Crippen molar-refractivity contribution >= 4 is 5.78 Å². The molecule has 2 aromatic rings.